The molecule has 0 saturated heterocycles. The summed E-state index contributed by atoms with van der Waals surface area (Å²) in [5.41, 5.74) is -0.958. The highest BCUT2D eigenvalue weighted by Gasteiger charge is 2.33. The van der Waals surface area contributed by atoms with Gasteiger partial charge in [-0.15, -0.1) is 0 Å². The molecule has 8 nitrogen and oxygen atoms in total. The lowest BCUT2D eigenvalue weighted by Gasteiger charge is -2.22. The van der Waals surface area contributed by atoms with E-state index in [4.69, 9.17) is 5.11 Å². The van der Waals surface area contributed by atoms with Gasteiger partial charge in [0.15, 0.2) is 4.90 Å². The highest BCUT2D eigenvalue weighted by Crippen LogP contribution is 2.29. The summed E-state index contributed by atoms with van der Waals surface area (Å²) in [6.45, 7) is -1.02. The summed E-state index contributed by atoms with van der Waals surface area (Å²) in [4.78, 5) is 20.5. The number of para-hydroxylation sites is 1. The third-order valence-electron chi connectivity index (χ3n) is 3.01. The molecule has 24 heavy (non-hydrogen) atoms. The van der Waals surface area contributed by atoms with Gasteiger partial charge in [-0.25, -0.2) is 12.8 Å². The second-order valence-corrected chi connectivity index (χ2v) is 6.44. The fourth-order valence-electron chi connectivity index (χ4n) is 2.01. The Morgan fingerprint density at radius 2 is 1.88 bits per heavy atom. The quantitative estimate of drug-likeness (QED) is 0.626. The van der Waals surface area contributed by atoms with Gasteiger partial charge in [0.2, 0.25) is 0 Å². The lowest BCUT2D eigenvalue weighted by Crippen LogP contribution is -2.36. The van der Waals surface area contributed by atoms with Crippen LogP contribution in [0.3, 0.4) is 0 Å². The number of nitro benzene ring substituents is 1. The third-order valence-corrected chi connectivity index (χ3v) is 4.83. The van der Waals surface area contributed by atoms with Crippen LogP contribution in [0.2, 0.25) is 0 Å². The van der Waals surface area contributed by atoms with E-state index < -0.39 is 43.9 Å². The normalized spacial score (nSPS) is 11.0. The van der Waals surface area contributed by atoms with Crippen LogP contribution in [0.1, 0.15) is 0 Å². The highest BCUT2D eigenvalue weighted by atomic mass is 32.2. The summed E-state index contributed by atoms with van der Waals surface area (Å²) < 4.78 is 39.3. The van der Waals surface area contributed by atoms with E-state index >= 15 is 0 Å². The molecular weight excluding hydrogens is 343 g/mol. The molecular formula is C14H11FN2O6S. The molecule has 0 saturated carbocycles. The second kappa shape index (κ2) is 6.62. The predicted molar refractivity (Wildman–Crippen MR) is 81.7 cm³/mol. The molecule has 2 rings (SSSR count). The van der Waals surface area contributed by atoms with Gasteiger partial charge in [0, 0.05) is 6.07 Å². The monoisotopic (exact) mass is 354 g/mol. The molecule has 0 unspecified atom stereocenters. The van der Waals surface area contributed by atoms with Crippen molar-refractivity contribution < 1.29 is 27.6 Å². The summed E-state index contributed by atoms with van der Waals surface area (Å²) in [6.07, 6.45) is 0. The van der Waals surface area contributed by atoms with Crippen LogP contribution in [0.4, 0.5) is 15.8 Å². The number of hydrogen-bond donors (Lipinski definition) is 1. The minimum absolute atomic E-state index is 0.254. The van der Waals surface area contributed by atoms with E-state index in [1.54, 1.807) is 0 Å². The number of carboxylic acids is 1. The van der Waals surface area contributed by atoms with Crippen molar-refractivity contribution in [2.75, 3.05) is 10.8 Å². The molecule has 0 aliphatic heterocycles. The summed E-state index contributed by atoms with van der Waals surface area (Å²) in [6, 6.07) is 8.80. The molecule has 0 fully saturated rings. The van der Waals surface area contributed by atoms with Gasteiger partial charge in [0.05, 0.1) is 10.6 Å². The number of halogens is 1. The fraction of sp³-hybridized carbons (Fsp3) is 0.0714. The van der Waals surface area contributed by atoms with Crippen LogP contribution >= 0.6 is 0 Å². The van der Waals surface area contributed by atoms with Gasteiger partial charge in [-0.3, -0.25) is 19.2 Å². The van der Waals surface area contributed by atoms with E-state index in [0.717, 1.165) is 24.3 Å². The van der Waals surface area contributed by atoms with Crippen molar-refractivity contribution >= 4 is 27.4 Å². The van der Waals surface area contributed by atoms with E-state index in [0.29, 0.717) is 4.31 Å². The van der Waals surface area contributed by atoms with Crippen LogP contribution < -0.4 is 4.31 Å². The maximum absolute atomic E-state index is 13.4. The molecule has 0 spiro atoms. The number of sulfonamides is 1. The minimum atomic E-state index is -4.60. The average Bonchev–Trinajstić information content (AvgIpc) is 2.52. The molecule has 2 aromatic rings. The Morgan fingerprint density at radius 1 is 1.21 bits per heavy atom. The number of benzene rings is 2. The van der Waals surface area contributed by atoms with E-state index in [1.807, 2.05) is 0 Å². The van der Waals surface area contributed by atoms with Crippen molar-refractivity contribution in [1.82, 2.24) is 0 Å². The van der Waals surface area contributed by atoms with Crippen molar-refractivity contribution in [1.29, 1.82) is 0 Å². The van der Waals surface area contributed by atoms with Gasteiger partial charge < -0.3 is 5.11 Å². The van der Waals surface area contributed by atoms with Gasteiger partial charge >= 0.3 is 5.97 Å². The highest BCUT2D eigenvalue weighted by molar-refractivity contribution is 7.93. The molecule has 126 valence electrons. The van der Waals surface area contributed by atoms with Crippen LogP contribution in [-0.2, 0) is 14.8 Å². The maximum Gasteiger partial charge on any atom is 0.324 e. The van der Waals surface area contributed by atoms with Crippen molar-refractivity contribution in [2.45, 2.75) is 4.90 Å². The summed E-state index contributed by atoms with van der Waals surface area (Å²) in [7, 11) is -4.60. The number of carbonyl (C=O) groups is 1. The molecule has 0 radical (unpaired) electrons. The number of nitrogens with zero attached hydrogens (tertiary/aromatic N) is 2. The molecule has 0 heterocycles. The van der Waals surface area contributed by atoms with Crippen molar-refractivity contribution in [3.05, 3.63) is 64.5 Å². The Kier molecular flexibility index (Phi) is 4.79. The Morgan fingerprint density at radius 3 is 2.46 bits per heavy atom. The Bertz CT molecular complexity index is 900. The molecule has 0 aromatic heterocycles. The van der Waals surface area contributed by atoms with Gasteiger partial charge in [0.25, 0.3) is 15.7 Å². The molecule has 2 aromatic carbocycles. The largest absolute Gasteiger partial charge is 0.480 e. The first-order valence-corrected chi connectivity index (χ1v) is 7.91. The molecule has 1 N–H and O–H groups in total. The first-order valence-electron chi connectivity index (χ1n) is 6.47. The van der Waals surface area contributed by atoms with Crippen LogP contribution in [0, 0.1) is 15.9 Å². The predicted octanol–water partition coefficient (Wildman–Crippen LogP) is 2.01. The summed E-state index contributed by atoms with van der Waals surface area (Å²) in [5.74, 6) is -2.28. The van der Waals surface area contributed by atoms with E-state index in [-0.39, 0.29) is 5.69 Å². The molecule has 10 heteroatoms. The van der Waals surface area contributed by atoms with Crippen molar-refractivity contribution in [2.24, 2.45) is 0 Å². The molecule has 0 atom stereocenters. The fourth-order valence-corrected chi connectivity index (χ4v) is 3.58. The van der Waals surface area contributed by atoms with E-state index in [9.17, 15) is 27.7 Å². The molecule has 0 aliphatic carbocycles. The number of aliphatic carboxylic acids is 1. The van der Waals surface area contributed by atoms with Gasteiger partial charge in [-0.1, -0.05) is 18.2 Å². The topological polar surface area (TPSA) is 118 Å². The maximum atomic E-state index is 13.4. The SMILES string of the molecule is O=C(O)CN(c1cccc(F)c1)S(=O)(=O)c1ccccc1[N+](=O)[O-]. The van der Waals surface area contributed by atoms with Gasteiger partial charge in [0.1, 0.15) is 12.4 Å². The number of hydrogen-bond acceptors (Lipinski definition) is 5. The number of rotatable bonds is 6. The smallest absolute Gasteiger partial charge is 0.324 e. The lowest BCUT2D eigenvalue weighted by atomic mass is 10.3. The zero-order chi connectivity index (χ0) is 17.9. The number of anilines is 1. The standard InChI is InChI=1S/C14H11FN2O6S/c15-10-4-3-5-11(8-10)16(9-14(18)19)24(22,23)13-7-2-1-6-12(13)17(20)21/h1-8H,9H2,(H,18,19). The van der Waals surface area contributed by atoms with Crippen LogP contribution in [0.15, 0.2) is 53.4 Å². The first kappa shape index (κ1) is 17.3. The Balaban J connectivity index is 2.65. The van der Waals surface area contributed by atoms with Crippen LogP contribution in [-0.4, -0.2) is 31.0 Å². The molecule has 0 bridgehead atoms. The van der Waals surface area contributed by atoms with Gasteiger partial charge in [-0.2, -0.15) is 0 Å². The second-order valence-electron chi connectivity index (χ2n) is 4.61. The van der Waals surface area contributed by atoms with Crippen molar-refractivity contribution in [3.63, 3.8) is 0 Å². The lowest BCUT2D eigenvalue weighted by molar-refractivity contribution is -0.387. The van der Waals surface area contributed by atoms with Gasteiger partial charge in [-0.05, 0) is 24.3 Å². The third kappa shape index (κ3) is 3.49. The van der Waals surface area contributed by atoms with Crippen LogP contribution in [0.5, 0.6) is 0 Å². The van der Waals surface area contributed by atoms with E-state index in [1.165, 1.54) is 24.3 Å². The zero-order valence-electron chi connectivity index (χ0n) is 12.0. The zero-order valence-corrected chi connectivity index (χ0v) is 12.8. The number of nitro groups is 1. The van der Waals surface area contributed by atoms with Crippen LogP contribution in [0.25, 0.3) is 0 Å². The molecule has 0 aliphatic rings. The Labute approximate surface area is 136 Å². The van der Waals surface area contributed by atoms with Crippen molar-refractivity contribution in [3.8, 4) is 0 Å². The number of carboxylic acid groups (broad SMARTS) is 1. The molecule has 0 amide bonds. The summed E-state index contributed by atoms with van der Waals surface area (Å²) >= 11 is 0. The average molecular weight is 354 g/mol. The van der Waals surface area contributed by atoms with E-state index in [2.05, 4.69) is 0 Å². The Hall–Kier alpha value is -3.01. The summed E-state index contributed by atoms with van der Waals surface area (Å²) in [5, 5.41) is 20.0. The first-order chi connectivity index (χ1) is 11.2. The minimum Gasteiger partial charge on any atom is -0.480 e.